The van der Waals surface area contributed by atoms with E-state index < -0.39 is 0 Å². The molecule has 118 valence electrons. The Bertz CT molecular complexity index is 430. The summed E-state index contributed by atoms with van der Waals surface area (Å²) in [6, 6.07) is 0. The van der Waals surface area contributed by atoms with Crippen LogP contribution in [0.25, 0.3) is 0 Å². The van der Waals surface area contributed by atoms with Crippen LogP contribution in [0.2, 0.25) is 0 Å². The van der Waals surface area contributed by atoms with Gasteiger partial charge < -0.3 is 4.79 Å². The molecule has 4 saturated carbocycles. The van der Waals surface area contributed by atoms with Gasteiger partial charge in [0.1, 0.15) is 6.29 Å². The van der Waals surface area contributed by atoms with Crippen LogP contribution in [0.3, 0.4) is 0 Å². The summed E-state index contributed by atoms with van der Waals surface area (Å²) in [4.78, 5) is 11.6. The molecule has 0 aliphatic heterocycles. The maximum atomic E-state index is 11.6. The zero-order chi connectivity index (χ0) is 14.7. The van der Waals surface area contributed by atoms with E-state index in [1.54, 1.807) is 0 Å². The Hall–Kier alpha value is -0.330. The van der Waals surface area contributed by atoms with Crippen molar-refractivity contribution in [1.82, 2.24) is 0 Å². The van der Waals surface area contributed by atoms with Crippen molar-refractivity contribution in [2.75, 3.05) is 0 Å². The molecule has 7 atom stereocenters. The van der Waals surface area contributed by atoms with Crippen LogP contribution in [-0.2, 0) is 4.79 Å². The zero-order valence-corrected chi connectivity index (χ0v) is 13.9. The van der Waals surface area contributed by atoms with Crippen LogP contribution in [-0.4, -0.2) is 6.29 Å². The van der Waals surface area contributed by atoms with Crippen LogP contribution in [0.5, 0.6) is 0 Å². The molecule has 1 nitrogen and oxygen atoms in total. The zero-order valence-electron chi connectivity index (χ0n) is 13.9. The third-order valence-electron chi connectivity index (χ3n) is 8.67. The number of fused-ring (bicyclic) bond motifs is 5. The largest absolute Gasteiger partial charge is 0.303 e. The number of hydrogen-bond donors (Lipinski definition) is 0. The highest BCUT2D eigenvalue weighted by molar-refractivity contribution is 5.54. The van der Waals surface area contributed by atoms with Gasteiger partial charge in [-0.3, -0.25) is 0 Å². The number of carbonyl (C=O) groups excluding carboxylic acids is 1. The third-order valence-corrected chi connectivity index (χ3v) is 8.67. The fraction of sp³-hybridized carbons (Fsp3) is 0.950. The molecule has 1 heteroatoms. The first kappa shape index (κ1) is 14.3. The molecule has 4 rings (SSSR count). The van der Waals surface area contributed by atoms with Gasteiger partial charge in [0.2, 0.25) is 0 Å². The van der Waals surface area contributed by atoms with Crippen molar-refractivity contribution in [3.05, 3.63) is 0 Å². The van der Waals surface area contributed by atoms with E-state index >= 15 is 0 Å². The molecule has 0 saturated heterocycles. The van der Waals surface area contributed by atoms with Crippen molar-refractivity contribution in [3.63, 3.8) is 0 Å². The van der Waals surface area contributed by atoms with Crippen molar-refractivity contribution in [1.29, 1.82) is 0 Å². The predicted molar refractivity (Wildman–Crippen MR) is 85.9 cm³/mol. The van der Waals surface area contributed by atoms with E-state index in [4.69, 9.17) is 0 Å². The highest BCUT2D eigenvalue weighted by Crippen LogP contribution is 2.66. The quantitative estimate of drug-likeness (QED) is 0.603. The molecule has 4 aliphatic rings. The van der Waals surface area contributed by atoms with Gasteiger partial charge in [0.15, 0.2) is 0 Å². The van der Waals surface area contributed by atoms with Crippen molar-refractivity contribution in [2.45, 2.75) is 78.1 Å². The Kier molecular flexibility index (Phi) is 3.28. The topological polar surface area (TPSA) is 17.1 Å². The maximum Gasteiger partial charge on any atom is 0.123 e. The number of carbonyl (C=O) groups is 1. The van der Waals surface area contributed by atoms with Crippen LogP contribution < -0.4 is 0 Å². The second kappa shape index (κ2) is 4.83. The van der Waals surface area contributed by atoms with Crippen molar-refractivity contribution < 1.29 is 4.79 Å². The standard InChI is InChI=1S/C20H32O/c1-19-10-4-6-17(19)15-7-8-16-14(13-21)5-3-11-20(16,2)18(15)9-12-19/h13-18H,3-12H2,1-2H3/t14-,15?,16?,17?,18?,19?,20?/m0/s1. The molecular formula is C20H32O. The van der Waals surface area contributed by atoms with Gasteiger partial charge in [0, 0.05) is 5.92 Å². The van der Waals surface area contributed by atoms with Crippen molar-refractivity contribution in [2.24, 2.45) is 40.4 Å². The normalized spacial score (nSPS) is 56.2. The minimum Gasteiger partial charge on any atom is -0.303 e. The summed E-state index contributed by atoms with van der Waals surface area (Å²) in [7, 11) is 0. The first-order valence-electron chi connectivity index (χ1n) is 9.54. The molecule has 0 aromatic heterocycles. The SMILES string of the molecule is CC12CCCC1C1CCC3[C@H](C=O)CCCC3(C)C1CC2. The van der Waals surface area contributed by atoms with E-state index in [0.717, 1.165) is 17.8 Å². The summed E-state index contributed by atoms with van der Waals surface area (Å²) in [5.41, 5.74) is 1.15. The van der Waals surface area contributed by atoms with E-state index in [1.165, 1.54) is 70.5 Å². The lowest BCUT2D eigenvalue weighted by atomic mass is 9.44. The molecule has 0 bridgehead atoms. The van der Waals surface area contributed by atoms with Gasteiger partial charge in [-0.15, -0.1) is 0 Å². The lowest BCUT2D eigenvalue weighted by Crippen LogP contribution is -2.53. The van der Waals surface area contributed by atoms with Gasteiger partial charge >= 0.3 is 0 Å². The average Bonchev–Trinajstić information content (AvgIpc) is 2.87. The first-order chi connectivity index (χ1) is 10.1. The van der Waals surface area contributed by atoms with Crippen LogP contribution >= 0.6 is 0 Å². The minimum absolute atomic E-state index is 0.376. The Morgan fingerprint density at radius 2 is 1.62 bits per heavy atom. The highest BCUT2D eigenvalue weighted by Gasteiger charge is 2.58. The fourth-order valence-corrected chi connectivity index (χ4v) is 7.64. The number of hydrogen-bond acceptors (Lipinski definition) is 1. The number of aldehydes is 1. The second-order valence-corrected chi connectivity index (χ2v) is 9.34. The Balaban J connectivity index is 1.65. The van der Waals surface area contributed by atoms with E-state index in [-0.39, 0.29) is 0 Å². The molecule has 0 spiro atoms. The van der Waals surface area contributed by atoms with Crippen molar-refractivity contribution in [3.8, 4) is 0 Å². The first-order valence-corrected chi connectivity index (χ1v) is 9.54. The summed E-state index contributed by atoms with van der Waals surface area (Å²) in [6.07, 6.45) is 15.3. The molecule has 0 N–H and O–H groups in total. The molecule has 0 amide bonds. The predicted octanol–water partition coefficient (Wildman–Crippen LogP) is 5.23. The molecule has 4 fully saturated rings. The van der Waals surface area contributed by atoms with Crippen LogP contribution in [0.1, 0.15) is 78.1 Å². The van der Waals surface area contributed by atoms with Crippen molar-refractivity contribution >= 4 is 6.29 Å². The Morgan fingerprint density at radius 3 is 2.43 bits per heavy atom. The monoisotopic (exact) mass is 288 g/mol. The second-order valence-electron chi connectivity index (χ2n) is 9.34. The molecule has 21 heavy (non-hydrogen) atoms. The van der Waals surface area contributed by atoms with Gasteiger partial charge in [0.25, 0.3) is 0 Å². The molecule has 0 aromatic carbocycles. The van der Waals surface area contributed by atoms with Gasteiger partial charge in [-0.25, -0.2) is 0 Å². The molecule has 0 radical (unpaired) electrons. The summed E-state index contributed by atoms with van der Waals surface area (Å²) in [5, 5.41) is 0. The van der Waals surface area contributed by atoms with E-state index in [9.17, 15) is 4.79 Å². The fourth-order valence-electron chi connectivity index (χ4n) is 7.64. The molecule has 6 unspecified atom stereocenters. The minimum atomic E-state index is 0.376. The smallest absolute Gasteiger partial charge is 0.123 e. The van der Waals surface area contributed by atoms with Gasteiger partial charge in [-0.2, -0.15) is 0 Å². The molecule has 0 heterocycles. The average molecular weight is 288 g/mol. The summed E-state index contributed by atoms with van der Waals surface area (Å²) < 4.78 is 0. The summed E-state index contributed by atoms with van der Waals surface area (Å²) in [5.74, 6) is 4.00. The van der Waals surface area contributed by atoms with E-state index in [2.05, 4.69) is 13.8 Å². The summed E-state index contributed by atoms with van der Waals surface area (Å²) in [6.45, 7) is 5.16. The number of rotatable bonds is 1. The van der Waals surface area contributed by atoms with Gasteiger partial charge in [0.05, 0.1) is 0 Å². The molecule has 4 aliphatic carbocycles. The third kappa shape index (κ3) is 1.91. The molecule has 0 aromatic rings. The maximum absolute atomic E-state index is 11.6. The lowest BCUT2D eigenvalue weighted by molar-refractivity contribution is -0.135. The van der Waals surface area contributed by atoms with Crippen LogP contribution in [0.4, 0.5) is 0 Å². The Labute approximate surface area is 130 Å². The highest BCUT2D eigenvalue weighted by atomic mass is 16.1. The lowest BCUT2D eigenvalue weighted by Gasteiger charge is -2.61. The van der Waals surface area contributed by atoms with Gasteiger partial charge in [-0.1, -0.05) is 26.7 Å². The van der Waals surface area contributed by atoms with E-state index in [0.29, 0.717) is 22.7 Å². The van der Waals surface area contributed by atoms with E-state index in [1.807, 2.05) is 0 Å². The molecular weight excluding hydrogens is 256 g/mol. The summed E-state index contributed by atoms with van der Waals surface area (Å²) >= 11 is 0. The Morgan fingerprint density at radius 1 is 0.810 bits per heavy atom. The van der Waals surface area contributed by atoms with Crippen LogP contribution in [0, 0.1) is 40.4 Å². The van der Waals surface area contributed by atoms with Gasteiger partial charge in [-0.05, 0) is 85.9 Å². The van der Waals surface area contributed by atoms with Crippen LogP contribution in [0.15, 0.2) is 0 Å².